The first-order valence-corrected chi connectivity index (χ1v) is 9.41. The summed E-state index contributed by atoms with van der Waals surface area (Å²) in [5, 5.41) is 3.87. The molecule has 2 heterocycles. The average Bonchev–Trinajstić information content (AvgIpc) is 3.25. The van der Waals surface area contributed by atoms with Crippen LogP contribution in [0.2, 0.25) is 0 Å². The quantitative estimate of drug-likeness (QED) is 0.671. The maximum absolute atomic E-state index is 13.1. The minimum Gasteiger partial charge on any atom is -0.468 e. The molecular formula is C18H20N2O4S. The molecule has 132 valence electrons. The molecule has 3 aromatic rings. The van der Waals surface area contributed by atoms with E-state index in [1.807, 2.05) is 26.0 Å². The Balaban J connectivity index is 2.01. The van der Waals surface area contributed by atoms with Crippen LogP contribution in [0.4, 0.5) is 0 Å². The molecule has 0 spiro atoms. The van der Waals surface area contributed by atoms with Gasteiger partial charge in [0.1, 0.15) is 5.76 Å². The highest BCUT2D eigenvalue weighted by molar-refractivity contribution is 7.89. The Morgan fingerprint density at radius 2 is 2.00 bits per heavy atom. The minimum atomic E-state index is -3.67. The highest BCUT2D eigenvalue weighted by Crippen LogP contribution is 2.28. The van der Waals surface area contributed by atoms with E-state index in [1.54, 1.807) is 31.3 Å². The van der Waals surface area contributed by atoms with Crippen molar-refractivity contribution in [1.29, 1.82) is 0 Å². The zero-order valence-electron chi connectivity index (χ0n) is 14.4. The number of sulfonamides is 1. The Labute approximate surface area is 147 Å². The van der Waals surface area contributed by atoms with Gasteiger partial charge in [0.15, 0.2) is 5.76 Å². The van der Waals surface area contributed by atoms with Crippen LogP contribution in [0.5, 0.6) is 0 Å². The van der Waals surface area contributed by atoms with Gasteiger partial charge in [0.05, 0.1) is 23.4 Å². The van der Waals surface area contributed by atoms with E-state index in [-0.39, 0.29) is 11.4 Å². The Bertz CT molecular complexity index is 959. The van der Waals surface area contributed by atoms with Gasteiger partial charge < -0.3 is 8.94 Å². The lowest BCUT2D eigenvalue weighted by Crippen LogP contribution is -2.27. The van der Waals surface area contributed by atoms with Gasteiger partial charge in [-0.1, -0.05) is 24.2 Å². The Morgan fingerprint density at radius 3 is 2.60 bits per heavy atom. The predicted octanol–water partition coefficient (Wildman–Crippen LogP) is 3.63. The van der Waals surface area contributed by atoms with Crippen LogP contribution in [0.15, 0.2) is 56.5 Å². The summed E-state index contributed by atoms with van der Waals surface area (Å²) in [7, 11) is -2.13. The molecule has 1 aromatic carbocycles. The zero-order valence-corrected chi connectivity index (χ0v) is 15.2. The van der Waals surface area contributed by atoms with E-state index in [2.05, 4.69) is 5.16 Å². The number of aryl methyl sites for hydroxylation is 2. The van der Waals surface area contributed by atoms with Crippen LogP contribution in [0.3, 0.4) is 0 Å². The number of rotatable bonds is 6. The van der Waals surface area contributed by atoms with Gasteiger partial charge in [-0.2, -0.15) is 4.31 Å². The normalized spacial score (nSPS) is 12.0. The highest BCUT2D eigenvalue weighted by atomic mass is 32.2. The molecule has 0 amide bonds. The molecule has 0 aliphatic heterocycles. The summed E-state index contributed by atoms with van der Waals surface area (Å²) in [5.74, 6) is 1.14. The molecule has 0 bridgehead atoms. The molecule has 7 heteroatoms. The lowest BCUT2D eigenvalue weighted by Gasteiger charge is -2.18. The van der Waals surface area contributed by atoms with Crippen molar-refractivity contribution in [1.82, 2.24) is 9.46 Å². The molecule has 6 nitrogen and oxygen atoms in total. The minimum absolute atomic E-state index is 0.171. The molecule has 0 unspecified atom stereocenters. The van der Waals surface area contributed by atoms with Gasteiger partial charge in [-0.3, -0.25) is 0 Å². The van der Waals surface area contributed by atoms with Crippen LogP contribution in [0, 0.1) is 6.92 Å². The van der Waals surface area contributed by atoms with Crippen molar-refractivity contribution >= 4 is 10.0 Å². The lowest BCUT2D eigenvalue weighted by molar-refractivity contribution is 0.406. The van der Waals surface area contributed by atoms with Crippen LogP contribution in [-0.2, 0) is 23.0 Å². The fourth-order valence-corrected chi connectivity index (χ4v) is 4.07. The highest BCUT2D eigenvalue weighted by Gasteiger charge is 2.25. The van der Waals surface area contributed by atoms with Gasteiger partial charge >= 0.3 is 0 Å². The summed E-state index contributed by atoms with van der Waals surface area (Å²) >= 11 is 0. The Kier molecular flexibility index (Phi) is 4.78. The second-order valence-corrected chi connectivity index (χ2v) is 7.86. The summed E-state index contributed by atoms with van der Waals surface area (Å²) in [6.07, 6.45) is 2.14. The van der Waals surface area contributed by atoms with Gasteiger partial charge in [-0.25, -0.2) is 8.42 Å². The third-order valence-corrected chi connectivity index (χ3v) is 5.89. The molecule has 0 fully saturated rings. The van der Waals surface area contributed by atoms with Gasteiger partial charge in [0, 0.05) is 18.7 Å². The molecule has 3 rings (SSSR count). The van der Waals surface area contributed by atoms with Crippen molar-refractivity contribution in [2.75, 3.05) is 7.05 Å². The van der Waals surface area contributed by atoms with E-state index in [1.165, 1.54) is 10.6 Å². The van der Waals surface area contributed by atoms with Crippen LogP contribution in [0.25, 0.3) is 11.3 Å². The standard InChI is InChI=1S/C18H20N2O4S/c1-4-14-7-8-15(17-10-13(2)19-24-17)11-18(14)25(21,22)20(3)12-16-6-5-9-23-16/h5-11H,4,12H2,1-3H3. The largest absolute Gasteiger partial charge is 0.468 e. The lowest BCUT2D eigenvalue weighted by atomic mass is 10.1. The third-order valence-electron chi connectivity index (χ3n) is 4.01. The molecule has 2 aromatic heterocycles. The summed E-state index contributed by atoms with van der Waals surface area (Å²) in [4.78, 5) is 0.274. The first-order chi connectivity index (χ1) is 11.9. The number of benzene rings is 1. The average molecular weight is 360 g/mol. The number of nitrogens with zero attached hydrogens (tertiary/aromatic N) is 2. The zero-order chi connectivity index (χ0) is 18.0. The van der Waals surface area contributed by atoms with Crippen molar-refractivity contribution in [3.8, 4) is 11.3 Å². The molecule has 0 radical (unpaired) electrons. The maximum Gasteiger partial charge on any atom is 0.243 e. The van der Waals surface area contributed by atoms with Crippen molar-refractivity contribution in [3.05, 3.63) is 59.7 Å². The first kappa shape index (κ1) is 17.4. The SMILES string of the molecule is CCc1ccc(-c2cc(C)no2)cc1S(=O)(=O)N(C)Cc1ccco1. The van der Waals surface area contributed by atoms with E-state index in [0.29, 0.717) is 23.5 Å². The third kappa shape index (κ3) is 3.52. The molecule has 25 heavy (non-hydrogen) atoms. The Hall–Kier alpha value is -2.38. The summed E-state index contributed by atoms with van der Waals surface area (Å²) in [6, 6.07) is 10.6. The molecule has 0 N–H and O–H groups in total. The monoisotopic (exact) mass is 360 g/mol. The number of furan rings is 1. The van der Waals surface area contributed by atoms with Gasteiger partial charge in [-0.05, 0) is 37.1 Å². The van der Waals surface area contributed by atoms with E-state index in [0.717, 1.165) is 11.3 Å². The molecule has 0 aliphatic rings. The van der Waals surface area contributed by atoms with E-state index in [9.17, 15) is 8.42 Å². The van der Waals surface area contributed by atoms with Crippen LogP contribution in [0.1, 0.15) is 23.9 Å². The molecule has 0 atom stereocenters. The van der Waals surface area contributed by atoms with Crippen LogP contribution >= 0.6 is 0 Å². The van der Waals surface area contributed by atoms with Crippen LogP contribution < -0.4 is 0 Å². The summed E-state index contributed by atoms with van der Waals surface area (Å²) in [6.45, 7) is 3.92. The maximum atomic E-state index is 13.1. The Morgan fingerprint density at radius 1 is 1.20 bits per heavy atom. The predicted molar refractivity (Wildman–Crippen MR) is 93.4 cm³/mol. The van der Waals surface area contributed by atoms with Gasteiger partial charge in [-0.15, -0.1) is 0 Å². The smallest absolute Gasteiger partial charge is 0.243 e. The fraction of sp³-hybridized carbons (Fsp3) is 0.278. The van der Waals surface area contributed by atoms with Crippen LogP contribution in [-0.4, -0.2) is 24.9 Å². The summed E-state index contributed by atoms with van der Waals surface area (Å²) < 4.78 is 37.9. The molecule has 0 saturated carbocycles. The number of hydrogen-bond donors (Lipinski definition) is 0. The number of hydrogen-bond acceptors (Lipinski definition) is 5. The second kappa shape index (κ2) is 6.85. The summed E-state index contributed by atoms with van der Waals surface area (Å²) in [5.41, 5.74) is 2.18. The van der Waals surface area contributed by atoms with E-state index in [4.69, 9.17) is 8.94 Å². The number of aromatic nitrogens is 1. The second-order valence-electron chi connectivity index (χ2n) is 5.85. The first-order valence-electron chi connectivity index (χ1n) is 7.97. The topological polar surface area (TPSA) is 76.6 Å². The van der Waals surface area contributed by atoms with E-state index >= 15 is 0 Å². The molecule has 0 aliphatic carbocycles. The van der Waals surface area contributed by atoms with Crippen molar-refractivity contribution < 1.29 is 17.4 Å². The van der Waals surface area contributed by atoms with Crippen molar-refractivity contribution in [2.45, 2.75) is 31.7 Å². The van der Waals surface area contributed by atoms with Crippen molar-refractivity contribution in [2.24, 2.45) is 0 Å². The molecular weight excluding hydrogens is 340 g/mol. The molecule has 0 saturated heterocycles. The van der Waals surface area contributed by atoms with Gasteiger partial charge in [0.25, 0.3) is 0 Å². The van der Waals surface area contributed by atoms with E-state index < -0.39 is 10.0 Å². The fourth-order valence-electron chi connectivity index (χ4n) is 2.61. The van der Waals surface area contributed by atoms with Gasteiger partial charge in [0.2, 0.25) is 10.0 Å². The van der Waals surface area contributed by atoms with Crippen molar-refractivity contribution in [3.63, 3.8) is 0 Å².